The molecule has 4 heteroatoms. The van der Waals surface area contributed by atoms with E-state index in [4.69, 9.17) is 0 Å². The summed E-state index contributed by atoms with van der Waals surface area (Å²) < 4.78 is 0. The van der Waals surface area contributed by atoms with Crippen molar-refractivity contribution in [2.75, 3.05) is 13.1 Å². The molecule has 3 rings (SSSR count). The van der Waals surface area contributed by atoms with Crippen LogP contribution < -0.4 is 0 Å². The van der Waals surface area contributed by atoms with E-state index in [1.807, 2.05) is 29.2 Å². The minimum Gasteiger partial charge on any atom is -0.336 e. The summed E-state index contributed by atoms with van der Waals surface area (Å²) in [5, 5.41) is 0. The molecule has 0 bridgehead atoms. The molecule has 0 saturated carbocycles. The monoisotopic (exact) mass is 243 g/mol. The highest BCUT2D eigenvalue weighted by atomic mass is 16.2. The molecule has 0 radical (unpaired) electrons. The van der Waals surface area contributed by atoms with Crippen LogP contribution >= 0.6 is 0 Å². The van der Waals surface area contributed by atoms with Crippen LogP contribution in [-0.2, 0) is 0 Å². The summed E-state index contributed by atoms with van der Waals surface area (Å²) in [6.45, 7) is 1.71. The van der Waals surface area contributed by atoms with Crippen molar-refractivity contribution >= 4 is 16.9 Å². The third-order valence-electron chi connectivity index (χ3n) is 3.49. The first-order chi connectivity index (χ1) is 8.84. The average molecular weight is 243 g/mol. The number of carbonyl (C=O) groups excluding carboxylic acids is 1. The molecular formula is C14H17N3O. The fourth-order valence-electron chi connectivity index (χ4n) is 2.48. The molecule has 2 aromatic rings. The van der Waals surface area contributed by atoms with Crippen LogP contribution in [0.3, 0.4) is 0 Å². The van der Waals surface area contributed by atoms with E-state index in [1.165, 1.54) is 12.8 Å². The highest BCUT2D eigenvalue weighted by Gasteiger charge is 2.20. The maximum Gasteiger partial charge on any atom is 0.289 e. The van der Waals surface area contributed by atoms with Gasteiger partial charge in [-0.2, -0.15) is 0 Å². The maximum absolute atomic E-state index is 12.4. The number of carbonyl (C=O) groups is 1. The number of amides is 1. The van der Waals surface area contributed by atoms with Crippen LogP contribution in [0.25, 0.3) is 11.0 Å². The topological polar surface area (TPSA) is 49.0 Å². The van der Waals surface area contributed by atoms with Crippen LogP contribution in [0.4, 0.5) is 0 Å². The largest absolute Gasteiger partial charge is 0.336 e. The Labute approximate surface area is 106 Å². The quantitative estimate of drug-likeness (QED) is 0.836. The highest BCUT2D eigenvalue weighted by Crippen LogP contribution is 2.15. The minimum absolute atomic E-state index is 0.0353. The van der Waals surface area contributed by atoms with Crippen molar-refractivity contribution in [2.24, 2.45) is 0 Å². The number of rotatable bonds is 1. The van der Waals surface area contributed by atoms with Crippen LogP contribution in [0.1, 0.15) is 36.3 Å². The Morgan fingerprint density at radius 1 is 1.11 bits per heavy atom. The summed E-state index contributed by atoms with van der Waals surface area (Å²) >= 11 is 0. The molecule has 1 aliphatic rings. The molecule has 4 nitrogen and oxygen atoms in total. The summed E-state index contributed by atoms with van der Waals surface area (Å²) in [4.78, 5) is 21.8. The van der Waals surface area contributed by atoms with Crippen molar-refractivity contribution in [3.8, 4) is 0 Å². The Balaban J connectivity index is 1.86. The van der Waals surface area contributed by atoms with Gasteiger partial charge in [0.15, 0.2) is 5.82 Å². The number of nitrogens with zero attached hydrogens (tertiary/aromatic N) is 2. The third-order valence-corrected chi connectivity index (χ3v) is 3.49. The summed E-state index contributed by atoms with van der Waals surface area (Å²) in [6, 6.07) is 7.75. The Morgan fingerprint density at radius 3 is 2.56 bits per heavy atom. The lowest BCUT2D eigenvalue weighted by molar-refractivity contribution is 0.0751. The van der Waals surface area contributed by atoms with Crippen LogP contribution in [-0.4, -0.2) is 33.9 Å². The number of aromatic nitrogens is 2. The van der Waals surface area contributed by atoms with Gasteiger partial charge in [-0.05, 0) is 25.0 Å². The number of hydrogen-bond acceptors (Lipinski definition) is 2. The van der Waals surface area contributed by atoms with Gasteiger partial charge >= 0.3 is 0 Å². The van der Waals surface area contributed by atoms with Gasteiger partial charge in [-0.1, -0.05) is 25.0 Å². The van der Waals surface area contributed by atoms with Crippen molar-refractivity contribution in [3.63, 3.8) is 0 Å². The molecule has 1 N–H and O–H groups in total. The summed E-state index contributed by atoms with van der Waals surface area (Å²) in [6.07, 6.45) is 4.66. The number of H-pyrrole nitrogens is 1. The molecular weight excluding hydrogens is 226 g/mol. The lowest BCUT2D eigenvalue weighted by Gasteiger charge is -2.18. The zero-order chi connectivity index (χ0) is 12.4. The van der Waals surface area contributed by atoms with Crippen LogP contribution in [0.15, 0.2) is 24.3 Å². The Bertz CT molecular complexity index is 520. The Hall–Kier alpha value is -1.84. The van der Waals surface area contributed by atoms with Gasteiger partial charge in [0.05, 0.1) is 11.0 Å². The molecule has 1 saturated heterocycles. The fourth-order valence-corrected chi connectivity index (χ4v) is 2.48. The van der Waals surface area contributed by atoms with E-state index < -0.39 is 0 Å². The van der Waals surface area contributed by atoms with Gasteiger partial charge in [0, 0.05) is 13.1 Å². The van der Waals surface area contributed by atoms with E-state index in [2.05, 4.69) is 9.97 Å². The number of para-hydroxylation sites is 2. The lowest BCUT2D eigenvalue weighted by Crippen LogP contribution is -2.32. The Morgan fingerprint density at radius 2 is 1.83 bits per heavy atom. The molecule has 0 spiro atoms. The van der Waals surface area contributed by atoms with Crippen molar-refractivity contribution in [1.82, 2.24) is 14.9 Å². The molecule has 0 atom stereocenters. The second-order valence-electron chi connectivity index (χ2n) is 4.81. The molecule has 1 aromatic carbocycles. The molecule has 1 aromatic heterocycles. The molecule has 1 amide bonds. The van der Waals surface area contributed by atoms with Crippen molar-refractivity contribution in [2.45, 2.75) is 25.7 Å². The third kappa shape index (κ3) is 2.10. The van der Waals surface area contributed by atoms with E-state index in [1.54, 1.807) is 0 Å². The van der Waals surface area contributed by atoms with Crippen LogP contribution in [0, 0.1) is 0 Å². The van der Waals surface area contributed by atoms with E-state index in [-0.39, 0.29) is 5.91 Å². The summed E-state index contributed by atoms with van der Waals surface area (Å²) in [5.41, 5.74) is 1.78. The van der Waals surface area contributed by atoms with Gasteiger partial charge < -0.3 is 9.88 Å². The number of hydrogen-bond donors (Lipinski definition) is 1. The summed E-state index contributed by atoms with van der Waals surface area (Å²) in [7, 11) is 0. The van der Waals surface area contributed by atoms with E-state index in [0.717, 1.165) is 37.0 Å². The second-order valence-corrected chi connectivity index (χ2v) is 4.81. The van der Waals surface area contributed by atoms with Crippen LogP contribution in [0.2, 0.25) is 0 Å². The zero-order valence-electron chi connectivity index (χ0n) is 10.4. The molecule has 18 heavy (non-hydrogen) atoms. The van der Waals surface area contributed by atoms with Gasteiger partial charge in [0.2, 0.25) is 0 Å². The predicted molar refractivity (Wildman–Crippen MR) is 70.5 cm³/mol. The van der Waals surface area contributed by atoms with Gasteiger partial charge in [-0.15, -0.1) is 0 Å². The predicted octanol–water partition coefficient (Wildman–Crippen LogP) is 2.58. The molecule has 1 fully saturated rings. The lowest BCUT2D eigenvalue weighted by atomic mass is 10.2. The number of imidazole rings is 1. The van der Waals surface area contributed by atoms with Crippen molar-refractivity contribution in [3.05, 3.63) is 30.1 Å². The molecule has 1 aliphatic heterocycles. The minimum atomic E-state index is 0.0353. The summed E-state index contributed by atoms with van der Waals surface area (Å²) in [5.74, 6) is 0.506. The molecule has 94 valence electrons. The second kappa shape index (κ2) is 4.80. The molecule has 0 aliphatic carbocycles. The van der Waals surface area contributed by atoms with Crippen molar-refractivity contribution in [1.29, 1.82) is 0 Å². The maximum atomic E-state index is 12.4. The molecule has 2 heterocycles. The van der Waals surface area contributed by atoms with Crippen molar-refractivity contribution < 1.29 is 4.79 Å². The first kappa shape index (κ1) is 11.3. The first-order valence-electron chi connectivity index (χ1n) is 6.58. The Kier molecular flexibility index (Phi) is 3.00. The fraction of sp³-hybridized carbons (Fsp3) is 0.429. The van der Waals surface area contributed by atoms with Gasteiger partial charge in [0.25, 0.3) is 5.91 Å². The highest BCUT2D eigenvalue weighted by molar-refractivity contribution is 5.94. The molecule has 0 unspecified atom stereocenters. The van der Waals surface area contributed by atoms with E-state index >= 15 is 0 Å². The van der Waals surface area contributed by atoms with Gasteiger partial charge in [-0.25, -0.2) is 4.98 Å². The van der Waals surface area contributed by atoms with Gasteiger partial charge in [-0.3, -0.25) is 4.79 Å². The van der Waals surface area contributed by atoms with Gasteiger partial charge in [0.1, 0.15) is 0 Å². The number of likely N-dealkylation sites (tertiary alicyclic amines) is 1. The number of benzene rings is 1. The normalized spacial score (nSPS) is 16.8. The van der Waals surface area contributed by atoms with E-state index in [9.17, 15) is 4.79 Å². The van der Waals surface area contributed by atoms with E-state index in [0.29, 0.717) is 5.82 Å². The number of nitrogens with one attached hydrogen (secondary N) is 1. The van der Waals surface area contributed by atoms with Crippen LogP contribution in [0.5, 0.6) is 0 Å². The number of fused-ring (bicyclic) bond motifs is 1. The first-order valence-corrected chi connectivity index (χ1v) is 6.58. The SMILES string of the molecule is O=C(c1nc2ccccc2[nH]1)N1CCCCCC1. The average Bonchev–Trinajstić information content (AvgIpc) is 2.64. The standard InChI is InChI=1S/C14H17N3O/c18-14(17-9-5-1-2-6-10-17)13-15-11-7-3-4-8-12(11)16-13/h3-4,7-8H,1-2,5-6,9-10H2,(H,15,16). The number of aromatic amines is 1. The smallest absolute Gasteiger partial charge is 0.289 e. The zero-order valence-corrected chi connectivity index (χ0v) is 10.4.